The van der Waals surface area contributed by atoms with E-state index in [1.807, 2.05) is 31.1 Å². The Morgan fingerprint density at radius 2 is 1.59 bits per heavy atom. The lowest BCUT2D eigenvalue weighted by Gasteiger charge is -2.39. The lowest BCUT2D eigenvalue weighted by Crippen LogP contribution is -2.47. The number of hydrogen-bond acceptors (Lipinski definition) is 7. The van der Waals surface area contributed by atoms with Crippen molar-refractivity contribution in [2.24, 2.45) is 0 Å². The average molecular weight is 559 g/mol. The number of carbonyl (C=O) groups excluding carboxylic acids is 2. The molecule has 0 unspecified atom stereocenters. The third kappa shape index (κ3) is 6.85. The first kappa shape index (κ1) is 28.5. The third-order valence-electron chi connectivity index (χ3n) is 8.05. The monoisotopic (exact) mass is 558 g/mol. The van der Waals surface area contributed by atoms with Gasteiger partial charge in [-0.05, 0) is 81.7 Å². The highest BCUT2D eigenvalue weighted by Crippen LogP contribution is 2.35. The Morgan fingerprint density at radius 3 is 2.24 bits per heavy atom. The van der Waals surface area contributed by atoms with Gasteiger partial charge in [-0.3, -0.25) is 9.59 Å². The predicted molar refractivity (Wildman–Crippen MR) is 166 cm³/mol. The Morgan fingerprint density at radius 1 is 0.878 bits per heavy atom. The van der Waals surface area contributed by atoms with Crippen molar-refractivity contribution in [1.29, 1.82) is 0 Å². The van der Waals surface area contributed by atoms with Crippen LogP contribution in [0.15, 0.2) is 59.2 Å². The second-order valence-electron chi connectivity index (χ2n) is 11.1. The van der Waals surface area contributed by atoms with Gasteiger partial charge in [-0.2, -0.15) is 0 Å². The van der Waals surface area contributed by atoms with Crippen molar-refractivity contribution in [1.82, 2.24) is 10.2 Å². The minimum absolute atomic E-state index is 0.139. The molecule has 9 heteroatoms. The molecule has 0 bridgehead atoms. The number of hydrogen-bond donors (Lipinski definition) is 2. The highest BCUT2D eigenvalue weighted by Gasteiger charge is 2.25. The van der Waals surface area contributed by atoms with Crippen molar-refractivity contribution in [2.75, 3.05) is 86.5 Å². The van der Waals surface area contributed by atoms with Gasteiger partial charge < -0.3 is 34.7 Å². The minimum atomic E-state index is -0.343. The molecule has 0 aliphatic carbocycles. The minimum Gasteiger partial charge on any atom is -0.459 e. The lowest BCUT2D eigenvalue weighted by molar-refractivity contribution is 0.0950. The smallest absolute Gasteiger partial charge is 0.291 e. The van der Waals surface area contributed by atoms with E-state index in [0.717, 1.165) is 63.6 Å². The number of amides is 2. The number of para-hydroxylation sites is 1. The van der Waals surface area contributed by atoms with Gasteiger partial charge in [0.2, 0.25) is 0 Å². The summed E-state index contributed by atoms with van der Waals surface area (Å²) in [5.74, 6) is -0.256. The van der Waals surface area contributed by atoms with E-state index < -0.39 is 0 Å². The molecule has 0 spiro atoms. The van der Waals surface area contributed by atoms with Crippen molar-refractivity contribution in [3.8, 4) is 0 Å². The molecule has 5 rings (SSSR count). The number of likely N-dealkylation sites (tertiary alicyclic amines) is 1. The fourth-order valence-electron chi connectivity index (χ4n) is 5.80. The van der Waals surface area contributed by atoms with Crippen LogP contribution in [0.1, 0.15) is 45.7 Å². The third-order valence-corrected chi connectivity index (χ3v) is 8.05. The van der Waals surface area contributed by atoms with Crippen LogP contribution in [0.25, 0.3) is 0 Å². The van der Waals surface area contributed by atoms with Crippen molar-refractivity contribution in [2.45, 2.75) is 26.2 Å². The van der Waals surface area contributed by atoms with Gasteiger partial charge in [-0.25, -0.2) is 0 Å². The molecule has 0 atom stereocenters. The van der Waals surface area contributed by atoms with E-state index in [0.29, 0.717) is 17.8 Å². The Labute approximate surface area is 243 Å². The Bertz CT molecular complexity index is 1330. The molecule has 2 fully saturated rings. The second kappa shape index (κ2) is 13.1. The largest absolute Gasteiger partial charge is 0.459 e. The molecule has 41 heavy (non-hydrogen) atoms. The Balaban J connectivity index is 1.37. The van der Waals surface area contributed by atoms with Gasteiger partial charge in [0, 0.05) is 52.5 Å². The second-order valence-corrected chi connectivity index (χ2v) is 11.1. The van der Waals surface area contributed by atoms with Gasteiger partial charge in [0.05, 0.1) is 28.9 Å². The first-order valence-corrected chi connectivity index (χ1v) is 14.7. The molecule has 2 aliphatic heterocycles. The zero-order valence-electron chi connectivity index (χ0n) is 24.5. The van der Waals surface area contributed by atoms with E-state index in [1.165, 1.54) is 30.4 Å². The number of piperazine rings is 1. The van der Waals surface area contributed by atoms with Gasteiger partial charge >= 0.3 is 0 Å². The van der Waals surface area contributed by atoms with Gasteiger partial charge in [-0.15, -0.1) is 0 Å². The number of anilines is 4. The molecular formula is C32H42N6O3. The molecule has 2 saturated heterocycles. The van der Waals surface area contributed by atoms with Crippen molar-refractivity contribution >= 4 is 34.6 Å². The van der Waals surface area contributed by atoms with Crippen LogP contribution >= 0.6 is 0 Å². The number of nitrogens with one attached hydrogen (secondary N) is 2. The van der Waals surface area contributed by atoms with Crippen molar-refractivity contribution in [3.63, 3.8) is 0 Å². The summed E-state index contributed by atoms with van der Waals surface area (Å²) in [6.07, 6.45) is 4.92. The van der Waals surface area contributed by atoms with E-state index >= 15 is 0 Å². The summed E-state index contributed by atoms with van der Waals surface area (Å²) in [6, 6.07) is 15.6. The average Bonchev–Trinajstić information content (AvgIpc) is 3.71. The lowest BCUT2D eigenvalue weighted by atomic mass is 10.1. The maximum Gasteiger partial charge on any atom is 0.291 e. The van der Waals surface area contributed by atoms with Crippen molar-refractivity contribution in [3.05, 3.63) is 71.7 Å². The van der Waals surface area contributed by atoms with Crippen LogP contribution in [0.4, 0.5) is 22.7 Å². The quantitative estimate of drug-likeness (QED) is 0.356. The molecule has 3 heterocycles. The van der Waals surface area contributed by atoms with Gasteiger partial charge in [-0.1, -0.05) is 18.2 Å². The SMILES string of the molecule is Cc1ccccc1N1CCN(c2cc(N(C)C)c(C(=O)NCCCN3CCCC3)cc2NC(=O)c2ccco2)CC1. The Hall–Kier alpha value is -3.98. The first-order valence-electron chi connectivity index (χ1n) is 14.7. The summed E-state index contributed by atoms with van der Waals surface area (Å²) in [5.41, 5.74) is 5.36. The summed E-state index contributed by atoms with van der Waals surface area (Å²) >= 11 is 0. The molecule has 0 saturated carbocycles. The number of carbonyl (C=O) groups is 2. The molecule has 0 radical (unpaired) electrons. The van der Waals surface area contributed by atoms with E-state index in [9.17, 15) is 9.59 Å². The number of nitrogens with zero attached hydrogens (tertiary/aromatic N) is 4. The molecule has 2 aliphatic rings. The molecule has 2 aromatic carbocycles. The highest BCUT2D eigenvalue weighted by molar-refractivity contribution is 6.07. The summed E-state index contributed by atoms with van der Waals surface area (Å²) < 4.78 is 5.35. The van der Waals surface area contributed by atoms with Crippen LogP contribution in [0.2, 0.25) is 0 Å². The summed E-state index contributed by atoms with van der Waals surface area (Å²) in [6.45, 7) is 9.33. The normalized spacial score (nSPS) is 15.7. The van der Waals surface area contributed by atoms with Crippen LogP contribution < -0.4 is 25.3 Å². The maximum atomic E-state index is 13.4. The van der Waals surface area contributed by atoms with Crippen LogP contribution in [0.5, 0.6) is 0 Å². The van der Waals surface area contributed by atoms with Gasteiger partial charge in [0.25, 0.3) is 11.8 Å². The molecule has 3 aromatic rings. The number of benzene rings is 2. The van der Waals surface area contributed by atoms with Gasteiger partial charge in [0.15, 0.2) is 5.76 Å². The van der Waals surface area contributed by atoms with E-state index in [4.69, 9.17) is 4.42 Å². The number of rotatable bonds is 10. The fourth-order valence-corrected chi connectivity index (χ4v) is 5.80. The van der Waals surface area contributed by atoms with E-state index in [-0.39, 0.29) is 17.6 Å². The molecule has 218 valence electrons. The standard InChI is InChI=1S/C32H42N6O3/c1-24-10-4-5-11-27(24)37-17-19-38(20-18-37)29-23-28(35(2)3)25(22-26(29)34-32(40)30-12-8-21-41-30)31(39)33-13-9-16-36-14-6-7-15-36/h4-5,8,10-12,21-23H,6-7,9,13-20H2,1-3H3,(H,33,39)(H,34,40). The number of furan rings is 1. The van der Waals surface area contributed by atoms with Crippen LogP contribution in [-0.4, -0.2) is 83.2 Å². The number of aryl methyl sites for hydroxylation is 1. The maximum absolute atomic E-state index is 13.4. The fraction of sp³-hybridized carbons (Fsp3) is 0.438. The Kier molecular flexibility index (Phi) is 9.14. The van der Waals surface area contributed by atoms with Gasteiger partial charge in [0.1, 0.15) is 0 Å². The zero-order valence-corrected chi connectivity index (χ0v) is 24.5. The predicted octanol–water partition coefficient (Wildman–Crippen LogP) is 4.45. The molecule has 1 aromatic heterocycles. The van der Waals surface area contributed by atoms with E-state index in [1.54, 1.807) is 12.1 Å². The van der Waals surface area contributed by atoms with Crippen LogP contribution in [0.3, 0.4) is 0 Å². The zero-order chi connectivity index (χ0) is 28.8. The molecule has 2 N–H and O–H groups in total. The molecule has 9 nitrogen and oxygen atoms in total. The van der Waals surface area contributed by atoms with E-state index in [2.05, 4.69) is 56.5 Å². The summed E-state index contributed by atoms with van der Waals surface area (Å²) in [7, 11) is 3.89. The topological polar surface area (TPSA) is 84.3 Å². The summed E-state index contributed by atoms with van der Waals surface area (Å²) in [4.78, 5) is 35.6. The van der Waals surface area contributed by atoms with Crippen molar-refractivity contribution < 1.29 is 14.0 Å². The van der Waals surface area contributed by atoms with Crippen LogP contribution in [0, 0.1) is 6.92 Å². The first-order chi connectivity index (χ1) is 19.9. The highest BCUT2D eigenvalue weighted by atomic mass is 16.3. The molecular weight excluding hydrogens is 516 g/mol. The molecule has 2 amide bonds. The summed E-state index contributed by atoms with van der Waals surface area (Å²) in [5, 5.41) is 6.15. The van der Waals surface area contributed by atoms with Crippen LogP contribution in [-0.2, 0) is 0 Å².